The first-order valence-electron chi connectivity index (χ1n) is 23.8. The van der Waals surface area contributed by atoms with Gasteiger partial charge in [-0.15, -0.1) is 0 Å². The Balaban J connectivity index is 4.49. The van der Waals surface area contributed by atoms with Crippen molar-refractivity contribution in [3.8, 4) is 0 Å². The first-order chi connectivity index (χ1) is 29.4. The zero-order valence-corrected chi connectivity index (χ0v) is 40.1. The molecule has 0 radical (unpaired) electrons. The van der Waals surface area contributed by atoms with Gasteiger partial charge in [0.1, 0.15) is 19.8 Å². The molecule has 10 nitrogen and oxygen atoms in total. The summed E-state index contributed by atoms with van der Waals surface area (Å²) in [5.74, 6) is -0.937. The maximum absolute atomic E-state index is 12.7. The zero-order valence-electron chi connectivity index (χ0n) is 39.2. The number of unbranched alkanes of at least 4 members (excludes halogenated alkanes) is 16. The summed E-state index contributed by atoms with van der Waals surface area (Å²) in [5, 5.41) is 10.2. The van der Waals surface area contributed by atoms with E-state index in [-0.39, 0.29) is 26.1 Å². The second-order valence-electron chi connectivity index (χ2n) is 17.0. The van der Waals surface area contributed by atoms with Crippen LogP contribution in [0.1, 0.15) is 174 Å². The number of hydrogen-bond acceptors (Lipinski definition) is 8. The SMILES string of the molecule is CCCCC/C=C\C/C=C\CCCCCCCCCCCC(=O)O[C@H](COC(=O)CCC/C=C/C=C\C(O)C/C=C\C/C=C\CCCCC)COP(=O)(O)OCC[N+](C)(C)C. The van der Waals surface area contributed by atoms with Gasteiger partial charge in [-0.25, -0.2) is 4.57 Å². The van der Waals surface area contributed by atoms with Crippen molar-refractivity contribution in [2.24, 2.45) is 0 Å². The van der Waals surface area contributed by atoms with E-state index in [0.717, 1.165) is 44.9 Å². The van der Waals surface area contributed by atoms with Crippen LogP contribution in [0.3, 0.4) is 0 Å². The maximum Gasteiger partial charge on any atom is 0.472 e. The number of nitrogens with zero attached hydrogens (tertiary/aromatic N) is 1. The molecule has 0 aliphatic carbocycles. The highest BCUT2D eigenvalue weighted by molar-refractivity contribution is 7.47. The van der Waals surface area contributed by atoms with E-state index in [1.165, 1.54) is 77.0 Å². The van der Waals surface area contributed by atoms with E-state index in [1.54, 1.807) is 12.2 Å². The lowest BCUT2D eigenvalue weighted by molar-refractivity contribution is -0.870. The molecular formula is C50H89NO9P+. The number of carbonyl (C=O) groups excluding carboxylic acids is 2. The Hall–Kier alpha value is -2.59. The molecule has 0 saturated carbocycles. The standard InChI is InChI=1S/C50H88NO9P/c1-6-8-10-12-14-16-17-18-19-20-21-22-23-24-25-27-29-33-38-42-50(54)60-48(46-59-61(55,56)58-44-43-51(3,4)5)45-57-49(53)41-37-34-30-32-36-40-47(52)39-35-31-28-26-15-13-11-9-7-2/h14-16,18-19,26,30-32,35-36,40,47-48,52H,6-13,17,20-25,27-29,33-34,37-39,41-46H2,1-5H3/p+1/b16-14-,19-18-,26-15-,32-30+,35-31-,40-36-/t47?,48-/m1/s1. The van der Waals surface area contributed by atoms with Crippen molar-refractivity contribution in [3.63, 3.8) is 0 Å². The molecule has 0 aromatic carbocycles. The molecule has 11 heteroatoms. The van der Waals surface area contributed by atoms with E-state index in [9.17, 15) is 24.2 Å². The molecule has 0 fully saturated rings. The van der Waals surface area contributed by atoms with Gasteiger partial charge in [-0.3, -0.25) is 18.6 Å². The van der Waals surface area contributed by atoms with Gasteiger partial charge >= 0.3 is 19.8 Å². The summed E-state index contributed by atoms with van der Waals surface area (Å²) >= 11 is 0. The summed E-state index contributed by atoms with van der Waals surface area (Å²) in [6.07, 6.45) is 48.3. The van der Waals surface area contributed by atoms with Crippen LogP contribution in [-0.2, 0) is 32.7 Å². The molecule has 0 bridgehead atoms. The van der Waals surface area contributed by atoms with E-state index in [1.807, 2.05) is 39.4 Å². The second-order valence-corrected chi connectivity index (χ2v) is 18.4. The van der Waals surface area contributed by atoms with Crippen LogP contribution in [-0.4, -0.2) is 86.1 Å². The molecule has 0 amide bonds. The molecule has 3 atom stereocenters. The molecule has 0 saturated heterocycles. The Morgan fingerprint density at radius 1 is 0.590 bits per heavy atom. The molecule has 0 aromatic heterocycles. The van der Waals surface area contributed by atoms with Gasteiger partial charge in [-0.1, -0.05) is 157 Å². The minimum absolute atomic E-state index is 0.00537. The average molecular weight is 879 g/mol. The molecule has 0 aliphatic heterocycles. The van der Waals surface area contributed by atoms with Gasteiger partial charge in [0.2, 0.25) is 0 Å². The van der Waals surface area contributed by atoms with E-state index in [0.29, 0.717) is 36.7 Å². The average Bonchev–Trinajstić information content (AvgIpc) is 3.21. The topological polar surface area (TPSA) is 129 Å². The van der Waals surface area contributed by atoms with Crippen LogP contribution in [0.15, 0.2) is 72.9 Å². The molecule has 61 heavy (non-hydrogen) atoms. The monoisotopic (exact) mass is 879 g/mol. The van der Waals surface area contributed by atoms with Crippen molar-refractivity contribution >= 4 is 19.8 Å². The van der Waals surface area contributed by atoms with Crippen molar-refractivity contribution in [3.05, 3.63) is 72.9 Å². The predicted octanol–water partition coefficient (Wildman–Crippen LogP) is 12.8. The number of carbonyl (C=O) groups is 2. The van der Waals surface area contributed by atoms with Gasteiger partial charge in [-0.2, -0.15) is 0 Å². The van der Waals surface area contributed by atoms with Gasteiger partial charge in [0, 0.05) is 12.8 Å². The predicted molar refractivity (Wildman–Crippen MR) is 253 cm³/mol. The van der Waals surface area contributed by atoms with Crippen LogP contribution in [0, 0.1) is 0 Å². The number of allylic oxidation sites excluding steroid dienone is 10. The summed E-state index contributed by atoms with van der Waals surface area (Å²) in [6.45, 7) is 4.19. The van der Waals surface area contributed by atoms with Crippen molar-refractivity contribution in [1.82, 2.24) is 0 Å². The Kier molecular flexibility index (Phi) is 39.7. The fourth-order valence-corrected chi connectivity index (χ4v) is 6.74. The number of aliphatic hydroxyl groups excluding tert-OH is 1. The lowest BCUT2D eigenvalue weighted by Crippen LogP contribution is -2.37. The number of ether oxygens (including phenoxy) is 2. The van der Waals surface area contributed by atoms with Crippen molar-refractivity contribution in [2.75, 3.05) is 47.5 Å². The van der Waals surface area contributed by atoms with Gasteiger partial charge in [0.05, 0.1) is 33.9 Å². The lowest BCUT2D eigenvalue weighted by Gasteiger charge is -2.24. The number of aliphatic hydroxyl groups is 1. The van der Waals surface area contributed by atoms with Crippen molar-refractivity contribution < 1.29 is 47.2 Å². The van der Waals surface area contributed by atoms with E-state index < -0.39 is 38.6 Å². The molecule has 2 unspecified atom stereocenters. The van der Waals surface area contributed by atoms with Gasteiger partial charge in [0.25, 0.3) is 0 Å². The second kappa shape index (κ2) is 41.4. The number of phosphoric ester groups is 1. The Morgan fingerprint density at radius 2 is 1.10 bits per heavy atom. The van der Waals surface area contributed by atoms with Crippen molar-refractivity contribution in [2.45, 2.75) is 187 Å². The van der Waals surface area contributed by atoms with E-state index in [2.05, 4.69) is 56.4 Å². The van der Waals surface area contributed by atoms with Crippen LogP contribution in [0.25, 0.3) is 0 Å². The molecule has 0 aliphatic rings. The first kappa shape index (κ1) is 58.4. The van der Waals surface area contributed by atoms with E-state index in [4.69, 9.17) is 18.5 Å². The van der Waals surface area contributed by atoms with E-state index >= 15 is 0 Å². The Labute approximate surface area is 372 Å². The van der Waals surface area contributed by atoms with Crippen LogP contribution in [0.4, 0.5) is 0 Å². The number of phosphoric acid groups is 1. The summed E-state index contributed by atoms with van der Waals surface area (Å²) in [7, 11) is 1.39. The molecule has 0 aromatic rings. The van der Waals surface area contributed by atoms with Gasteiger partial charge in [-0.05, 0) is 77.0 Å². The molecular weight excluding hydrogens is 790 g/mol. The normalized spacial score (nSPS) is 14.7. The Morgan fingerprint density at radius 3 is 1.67 bits per heavy atom. The molecule has 2 N–H and O–H groups in total. The third-order valence-electron chi connectivity index (χ3n) is 9.79. The largest absolute Gasteiger partial charge is 0.472 e. The summed E-state index contributed by atoms with van der Waals surface area (Å²) in [6, 6.07) is 0. The first-order valence-corrected chi connectivity index (χ1v) is 25.3. The lowest BCUT2D eigenvalue weighted by atomic mass is 10.1. The van der Waals surface area contributed by atoms with Crippen LogP contribution in [0.5, 0.6) is 0 Å². The number of likely N-dealkylation sites (N-methyl/N-ethyl adjacent to an activating group) is 1. The Bertz CT molecular complexity index is 1280. The molecule has 0 rings (SSSR count). The highest BCUT2D eigenvalue weighted by Gasteiger charge is 2.27. The fourth-order valence-electron chi connectivity index (χ4n) is 6.00. The van der Waals surface area contributed by atoms with Crippen molar-refractivity contribution in [1.29, 1.82) is 0 Å². The van der Waals surface area contributed by atoms with Crippen LogP contribution in [0.2, 0.25) is 0 Å². The molecule has 352 valence electrons. The summed E-state index contributed by atoms with van der Waals surface area (Å²) in [4.78, 5) is 35.4. The minimum Gasteiger partial charge on any atom is -0.462 e. The maximum atomic E-state index is 12.7. The summed E-state index contributed by atoms with van der Waals surface area (Å²) < 4.78 is 34.2. The van der Waals surface area contributed by atoms with Crippen LogP contribution < -0.4 is 0 Å². The van der Waals surface area contributed by atoms with Gasteiger partial charge in [0.15, 0.2) is 6.10 Å². The molecule has 0 heterocycles. The number of hydrogen-bond donors (Lipinski definition) is 2. The zero-order chi connectivity index (χ0) is 45.1. The highest BCUT2D eigenvalue weighted by Crippen LogP contribution is 2.43. The number of esters is 2. The number of rotatable bonds is 42. The number of quaternary nitrogens is 1. The van der Waals surface area contributed by atoms with Crippen LogP contribution >= 0.6 is 7.82 Å². The fraction of sp³-hybridized carbons (Fsp3) is 0.720. The minimum atomic E-state index is -4.41. The third-order valence-corrected chi connectivity index (χ3v) is 10.8. The quantitative estimate of drug-likeness (QED) is 0.0154. The molecule has 0 spiro atoms. The summed E-state index contributed by atoms with van der Waals surface area (Å²) in [5.41, 5.74) is 0. The highest BCUT2D eigenvalue weighted by atomic mass is 31.2. The third kappa shape index (κ3) is 45.3. The smallest absolute Gasteiger partial charge is 0.462 e. The van der Waals surface area contributed by atoms with Gasteiger partial charge < -0.3 is 24.0 Å².